The van der Waals surface area contributed by atoms with Crippen molar-refractivity contribution in [2.75, 3.05) is 20.1 Å². The molecule has 1 aromatic heterocycles. The number of hydrogen-bond donors (Lipinski definition) is 13. The molecule has 26 nitrogen and oxygen atoms in total. The number of carbonyl (C=O) groups is 11. The number of nitrogens with two attached hydrogens (primary N) is 3. The molecule has 89 heavy (non-hydrogen) atoms. The third-order valence-corrected chi connectivity index (χ3v) is 15.6. The third-order valence-electron chi connectivity index (χ3n) is 15.6. The zero-order valence-electron chi connectivity index (χ0n) is 51.2. The number of para-hydroxylation sites is 1. The van der Waals surface area contributed by atoms with Gasteiger partial charge in [0.1, 0.15) is 23.9 Å². The number of ketones is 3. The number of phenols is 1. The number of rotatable bonds is 35. The van der Waals surface area contributed by atoms with E-state index in [-0.39, 0.29) is 69.1 Å². The van der Waals surface area contributed by atoms with Gasteiger partial charge in [-0.25, -0.2) is 0 Å². The fourth-order valence-corrected chi connectivity index (χ4v) is 10.7. The van der Waals surface area contributed by atoms with Crippen LogP contribution in [0.25, 0.3) is 10.9 Å². The van der Waals surface area contributed by atoms with Gasteiger partial charge in [-0.1, -0.05) is 81.4 Å². The van der Waals surface area contributed by atoms with Gasteiger partial charge in [-0.2, -0.15) is 0 Å². The molecule has 1 aliphatic heterocycles. The number of nitrogens with one attached hydrogen (secondary N) is 7. The molecule has 11 atom stereocenters. The second kappa shape index (κ2) is 33.9. The summed E-state index contributed by atoms with van der Waals surface area (Å²) >= 11 is 0. The summed E-state index contributed by atoms with van der Waals surface area (Å²) in [4.78, 5) is 159. The van der Waals surface area contributed by atoms with Crippen LogP contribution < -0.4 is 49.1 Å². The molecular formula is C63H86N12O14. The Bertz CT molecular complexity index is 3170. The van der Waals surface area contributed by atoms with Crippen molar-refractivity contribution in [3.05, 3.63) is 102 Å². The van der Waals surface area contributed by atoms with Crippen LogP contribution in [0.5, 0.6) is 5.75 Å². The molecule has 0 spiro atoms. The van der Waals surface area contributed by atoms with Gasteiger partial charge < -0.3 is 74.3 Å². The van der Waals surface area contributed by atoms with E-state index in [1.165, 1.54) is 52.1 Å². The van der Waals surface area contributed by atoms with Crippen LogP contribution in [-0.2, 0) is 72.0 Å². The van der Waals surface area contributed by atoms with E-state index in [9.17, 15) is 68.1 Å². The molecule has 26 heteroatoms. The first-order valence-electron chi connectivity index (χ1n) is 29.8. The highest BCUT2D eigenvalue weighted by molar-refractivity contribution is 6.00. The molecule has 16 N–H and O–H groups in total. The Balaban J connectivity index is 1.30. The molecule has 0 bridgehead atoms. The number of carbonyl (C=O) groups excluding carboxylic acids is 11. The number of fused-ring (bicyclic) bond motifs is 1. The number of amides is 8. The SMILES string of the molecule is CN=C(N)NCCC[C@H](CC(=O)[C@H](CC(C)C)NC(=O)[C@H](C)CC(=O)[C@H](Cc1ccccc1)NC(=O)[C@@H](CC(=O)[C@H](CC(N)=O)NC(=O)[C@@H]1C[C@@H](O)CN1C(=O)[C@@H](Cc1ccc(O)cc1)NC(C)=O)[C@@H](C)O)C(=O)N[C@@H](Cc1c[nH]c2ccccc12)C(N)=O. The smallest absolute Gasteiger partial charge is 0.246 e. The van der Waals surface area contributed by atoms with Crippen molar-refractivity contribution in [1.82, 2.24) is 41.8 Å². The number of primary amides is 2. The zero-order chi connectivity index (χ0) is 65.6. The molecule has 3 aromatic carbocycles. The predicted octanol–water partition coefficient (Wildman–Crippen LogP) is 0.155. The first kappa shape index (κ1) is 70.7. The summed E-state index contributed by atoms with van der Waals surface area (Å²) in [6.45, 7) is 7.50. The van der Waals surface area contributed by atoms with E-state index in [2.05, 4.69) is 41.9 Å². The molecule has 0 aliphatic carbocycles. The monoisotopic (exact) mass is 1230 g/mol. The summed E-state index contributed by atoms with van der Waals surface area (Å²) < 4.78 is 0. The van der Waals surface area contributed by atoms with Gasteiger partial charge in [0.15, 0.2) is 23.3 Å². The Kier molecular flexibility index (Phi) is 26.9. The van der Waals surface area contributed by atoms with Crippen molar-refractivity contribution in [1.29, 1.82) is 0 Å². The highest BCUT2D eigenvalue weighted by Gasteiger charge is 2.43. The topological polar surface area (TPSA) is 430 Å². The molecule has 5 rings (SSSR count). The lowest BCUT2D eigenvalue weighted by Crippen LogP contribution is -2.56. The van der Waals surface area contributed by atoms with Crippen molar-refractivity contribution >= 4 is 81.5 Å². The maximum atomic E-state index is 14.4. The summed E-state index contributed by atoms with van der Waals surface area (Å²) in [5.41, 5.74) is 19.9. The van der Waals surface area contributed by atoms with Crippen molar-refractivity contribution in [2.24, 2.45) is 45.9 Å². The van der Waals surface area contributed by atoms with E-state index >= 15 is 0 Å². The van der Waals surface area contributed by atoms with Gasteiger partial charge in [-0.3, -0.25) is 57.7 Å². The standard InChI is InChI=1S/C63H86N12O14/c1-34(2)23-47(54(81)28-40(15-12-22-68-63(66)67-6)59(86)74-50(57(65)84)27-41-32-69-46-17-11-10-16-44(41)46)71-58(85)35(3)24-53(80)48(25-38-13-8-7-9-14-38)72-60(87)45(36(4)76)30-55(82)49(31-56(64)83)73-61(88)52-29-43(79)33-75(52)62(89)51(70-37(5)77)26-39-18-20-42(78)21-19-39/h7-11,13-14,16-21,32,34-36,40,43,45,47-52,69,76,78-79H,12,15,22-31,33H2,1-6H3,(H2,64,83)(H2,65,84)(H,70,77)(H,71,85)(H,72,87)(H,73,88)(H,74,86)(H3,66,67,68)/t35-,36-,40-,43-,45+,47+,48+,49+,50+,51-,52+/m1/s1. The van der Waals surface area contributed by atoms with E-state index in [4.69, 9.17) is 17.2 Å². The molecule has 482 valence electrons. The maximum absolute atomic E-state index is 14.4. The van der Waals surface area contributed by atoms with Gasteiger partial charge >= 0.3 is 0 Å². The van der Waals surface area contributed by atoms with Gasteiger partial charge in [-0.05, 0) is 73.4 Å². The van der Waals surface area contributed by atoms with Crippen LogP contribution in [-0.4, -0.2) is 164 Å². The molecule has 0 radical (unpaired) electrons. The first-order valence-corrected chi connectivity index (χ1v) is 29.8. The normalized spacial score (nSPS) is 17.1. The number of aliphatic hydroxyl groups is 2. The first-order chi connectivity index (χ1) is 42.1. The van der Waals surface area contributed by atoms with E-state index in [1.54, 1.807) is 36.5 Å². The van der Waals surface area contributed by atoms with Crippen LogP contribution in [0.15, 0.2) is 90.1 Å². The van der Waals surface area contributed by atoms with Crippen LogP contribution in [0.1, 0.15) is 103 Å². The molecule has 1 saturated heterocycles. The zero-order valence-corrected chi connectivity index (χ0v) is 51.2. The highest BCUT2D eigenvalue weighted by Crippen LogP contribution is 2.25. The number of nitrogens with zero attached hydrogens (tertiary/aromatic N) is 2. The maximum Gasteiger partial charge on any atom is 0.246 e. The summed E-state index contributed by atoms with van der Waals surface area (Å²) in [5, 5.41) is 48.5. The fourth-order valence-electron chi connectivity index (χ4n) is 10.7. The number of hydrogen-bond acceptors (Lipinski definition) is 15. The van der Waals surface area contributed by atoms with Gasteiger partial charge in [0.05, 0.1) is 42.7 Å². The Morgan fingerprint density at radius 3 is 1.91 bits per heavy atom. The van der Waals surface area contributed by atoms with E-state index < -0.39 is 150 Å². The lowest BCUT2D eigenvalue weighted by molar-refractivity contribution is -0.142. The van der Waals surface area contributed by atoms with Gasteiger partial charge in [0.2, 0.25) is 47.3 Å². The molecule has 8 amide bonds. The Hall–Kier alpha value is -9.04. The molecule has 1 aliphatic rings. The highest BCUT2D eigenvalue weighted by atomic mass is 16.3. The quantitative estimate of drug-likeness (QED) is 0.0166. The number of aliphatic hydroxyl groups excluding tert-OH is 2. The summed E-state index contributed by atoms with van der Waals surface area (Å²) in [5.74, 6) is -12.2. The fraction of sp³-hybridized carbons (Fsp3) is 0.492. The van der Waals surface area contributed by atoms with Gasteiger partial charge in [0, 0.05) is 94.5 Å². The number of benzene rings is 3. The minimum atomic E-state index is -1.71. The van der Waals surface area contributed by atoms with Crippen molar-refractivity contribution in [2.45, 2.75) is 154 Å². The number of H-pyrrole nitrogens is 1. The summed E-state index contributed by atoms with van der Waals surface area (Å²) in [6, 6.07) is 13.8. The van der Waals surface area contributed by atoms with E-state index in [0.29, 0.717) is 24.1 Å². The van der Waals surface area contributed by atoms with Crippen LogP contribution in [0.3, 0.4) is 0 Å². The predicted molar refractivity (Wildman–Crippen MR) is 329 cm³/mol. The number of aromatic nitrogens is 1. The second-order valence-corrected chi connectivity index (χ2v) is 23.4. The van der Waals surface area contributed by atoms with Gasteiger partial charge in [0.25, 0.3) is 0 Å². The molecule has 0 unspecified atom stereocenters. The number of aromatic amines is 1. The Morgan fingerprint density at radius 2 is 1.28 bits per heavy atom. The number of likely N-dealkylation sites (tertiary alicyclic amines) is 1. The number of phenolic OH excluding ortho intramolecular Hbond substituents is 1. The van der Waals surface area contributed by atoms with Gasteiger partial charge in [-0.15, -0.1) is 0 Å². The van der Waals surface area contributed by atoms with Crippen molar-refractivity contribution in [3.8, 4) is 5.75 Å². The average Bonchev–Trinajstić information content (AvgIpc) is 2.91. The Labute approximate surface area is 516 Å². The largest absolute Gasteiger partial charge is 0.508 e. The number of guanidine groups is 1. The number of aliphatic imine (C=N–C) groups is 1. The number of Topliss-reactive ketones (excluding diaryl/α,β-unsaturated/α-hetero) is 3. The summed E-state index contributed by atoms with van der Waals surface area (Å²) in [6.07, 6.45) is -3.21. The molecule has 4 aromatic rings. The van der Waals surface area contributed by atoms with Crippen molar-refractivity contribution in [3.63, 3.8) is 0 Å². The molecule has 2 heterocycles. The van der Waals surface area contributed by atoms with Crippen LogP contribution in [0.2, 0.25) is 0 Å². The second-order valence-electron chi connectivity index (χ2n) is 23.4. The van der Waals surface area contributed by atoms with Crippen LogP contribution >= 0.6 is 0 Å². The third kappa shape index (κ3) is 22.0. The van der Waals surface area contributed by atoms with Crippen LogP contribution in [0.4, 0.5) is 0 Å². The van der Waals surface area contributed by atoms with Crippen LogP contribution in [0, 0.1) is 23.7 Å². The summed E-state index contributed by atoms with van der Waals surface area (Å²) in [7, 11) is 1.50. The molecule has 1 fully saturated rings. The number of aromatic hydroxyl groups is 1. The van der Waals surface area contributed by atoms with Crippen molar-refractivity contribution < 1.29 is 68.1 Å². The number of β-amino-alcohol motifs (C(OH)–C–C–N with tert-alkyl or cyclic N) is 1. The Morgan fingerprint density at radius 1 is 0.674 bits per heavy atom. The lowest BCUT2D eigenvalue weighted by atomic mass is 9.89. The van der Waals surface area contributed by atoms with E-state index in [0.717, 1.165) is 21.4 Å². The van der Waals surface area contributed by atoms with E-state index in [1.807, 2.05) is 38.1 Å². The minimum Gasteiger partial charge on any atom is -0.508 e. The average molecular weight is 1240 g/mol. The molecular weight excluding hydrogens is 1150 g/mol. The lowest BCUT2D eigenvalue weighted by Gasteiger charge is -2.30. The molecule has 0 saturated carbocycles. The minimum absolute atomic E-state index is 0.0380.